The van der Waals surface area contributed by atoms with Crippen LogP contribution in [0.3, 0.4) is 0 Å². The molecule has 0 aromatic heterocycles. The number of hydrogen-bond acceptors (Lipinski definition) is 2. The van der Waals surface area contributed by atoms with Crippen LogP contribution in [0.15, 0.2) is 0 Å². The van der Waals surface area contributed by atoms with Gasteiger partial charge in [0.2, 0.25) is 0 Å². The summed E-state index contributed by atoms with van der Waals surface area (Å²) in [7, 11) is 0. The van der Waals surface area contributed by atoms with E-state index in [9.17, 15) is 0 Å². The molecule has 3 nitrogen and oxygen atoms in total. The summed E-state index contributed by atoms with van der Waals surface area (Å²) in [5.41, 5.74) is 0. The monoisotopic (exact) mass is 187 g/mol. The van der Waals surface area contributed by atoms with E-state index in [0.29, 0.717) is 0 Å². The molecule has 10 heavy (non-hydrogen) atoms. The summed E-state index contributed by atoms with van der Waals surface area (Å²) in [6.45, 7) is 2.17. The van der Waals surface area contributed by atoms with E-state index in [1.165, 1.54) is 19.3 Å². The SMILES string of the molecule is CCCCCCl.O=S([O-])O. The molecule has 0 aliphatic heterocycles. The van der Waals surface area contributed by atoms with Gasteiger partial charge in [-0.3, -0.25) is 0 Å². The van der Waals surface area contributed by atoms with Gasteiger partial charge in [0.1, 0.15) is 0 Å². The Balaban J connectivity index is 0. The first-order chi connectivity index (χ1) is 4.65. The minimum absolute atomic E-state index is 0.827. The van der Waals surface area contributed by atoms with Crippen LogP contribution in [0.2, 0.25) is 0 Å². The molecule has 0 aromatic rings. The summed E-state index contributed by atoms with van der Waals surface area (Å²) in [6, 6.07) is 0. The van der Waals surface area contributed by atoms with Crippen molar-refractivity contribution in [3.63, 3.8) is 0 Å². The Labute approximate surface area is 68.9 Å². The molecule has 0 radical (unpaired) electrons. The van der Waals surface area contributed by atoms with Gasteiger partial charge in [0.05, 0.1) is 11.4 Å². The maximum absolute atomic E-state index is 8.56. The van der Waals surface area contributed by atoms with Crippen LogP contribution in [0.4, 0.5) is 0 Å². The molecule has 0 fully saturated rings. The van der Waals surface area contributed by atoms with Gasteiger partial charge >= 0.3 is 0 Å². The Hall–Kier alpha value is 0.360. The molecule has 0 aliphatic carbocycles. The highest BCUT2D eigenvalue weighted by Crippen LogP contribution is 1.93. The molecule has 1 atom stereocenters. The van der Waals surface area contributed by atoms with Crippen molar-refractivity contribution >= 4 is 23.0 Å². The molecule has 0 aliphatic rings. The molecule has 0 heterocycles. The molecule has 0 rings (SSSR count). The summed E-state index contributed by atoms with van der Waals surface area (Å²) in [5, 5.41) is 0. The molecular weight excluding hydrogens is 176 g/mol. The fourth-order valence-corrected chi connectivity index (χ4v) is 0.533. The predicted octanol–water partition coefficient (Wildman–Crippen LogP) is 1.75. The molecule has 1 unspecified atom stereocenters. The van der Waals surface area contributed by atoms with Crippen molar-refractivity contribution in [1.82, 2.24) is 0 Å². The van der Waals surface area contributed by atoms with Gasteiger partial charge in [-0.2, -0.15) is 0 Å². The zero-order chi connectivity index (χ0) is 8.41. The first-order valence-electron chi connectivity index (χ1n) is 2.99. The van der Waals surface area contributed by atoms with Gasteiger partial charge < -0.3 is 9.11 Å². The largest absolute Gasteiger partial charge is 0.750 e. The van der Waals surface area contributed by atoms with E-state index >= 15 is 0 Å². The van der Waals surface area contributed by atoms with Crippen LogP contribution in [0, 0.1) is 0 Å². The summed E-state index contributed by atoms with van der Waals surface area (Å²) < 4.78 is 24.1. The standard InChI is InChI=1S/C5H11Cl.H2O3S/c1-2-3-4-5-6;1-4(2)3/h2-5H2,1H3;(H2,1,2,3)/p-1. The first-order valence-corrected chi connectivity index (χ1v) is 4.56. The highest BCUT2D eigenvalue weighted by atomic mass is 35.5. The van der Waals surface area contributed by atoms with E-state index < -0.39 is 11.4 Å². The van der Waals surface area contributed by atoms with Crippen molar-refractivity contribution in [3.05, 3.63) is 0 Å². The highest BCUT2D eigenvalue weighted by Gasteiger charge is 1.76. The van der Waals surface area contributed by atoms with Crippen molar-refractivity contribution < 1.29 is 13.3 Å². The van der Waals surface area contributed by atoms with Crippen molar-refractivity contribution in [1.29, 1.82) is 0 Å². The smallest absolute Gasteiger partial charge is 0.0814 e. The van der Waals surface area contributed by atoms with E-state index in [2.05, 4.69) is 6.92 Å². The average Bonchev–Trinajstić information content (AvgIpc) is 1.82. The lowest BCUT2D eigenvalue weighted by Crippen LogP contribution is -1.75. The van der Waals surface area contributed by atoms with Crippen LogP contribution in [-0.2, 0) is 11.4 Å². The van der Waals surface area contributed by atoms with Crippen molar-refractivity contribution in [2.45, 2.75) is 26.2 Å². The minimum Gasteiger partial charge on any atom is -0.750 e. The number of halogens is 1. The molecule has 64 valence electrons. The van der Waals surface area contributed by atoms with Gasteiger partial charge in [0.25, 0.3) is 0 Å². The van der Waals surface area contributed by atoms with Gasteiger partial charge in [0, 0.05) is 5.88 Å². The predicted molar refractivity (Wildman–Crippen MR) is 41.8 cm³/mol. The van der Waals surface area contributed by atoms with E-state index in [0.717, 1.165) is 5.88 Å². The number of alkyl halides is 1. The fraction of sp³-hybridized carbons (Fsp3) is 1.00. The normalized spacial score (nSPS) is 11.6. The highest BCUT2D eigenvalue weighted by molar-refractivity contribution is 7.73. The van der Waals surface area contributed by atoms with Crippen LogP contribution in [-0.4, -0.2) is 19.2 Å². The summed E-state index contributed by atoms with van der Waals surface area (Å²) in [5.74, 6) is 0.827. The zero-order valence-electron chi connectivity index (χ0n) is 5.88. The van der Waals surface area contributed by atoms with Crippen LogP contribution in [0.1, 0.15) is 26.2 Å². The topological polar surface area (TPSA) is 60.4 Å². The molecule has 0 aromatic carbocycles. The maximum atomic E-state index is 8.56. The van der Waals surface area contributed by atoms with Crippen molar-refractivity contribution in [3.8, 4) is 0 Å². The van der Waals surface area contributed by atoms with E-state index in [1.54, 1.807) is 0 Å². The molecule has 0 saturated carbocycles. The molecule has 1 N–H and O–H groups in total. The van der Waals surface area contributed by atoms with Crippen molar-refractivity contribution in [2.75, 3.05) is 5.88 Å². The third-order valence-electron chi connectivity index (χ3n) is 0.737. The van der Waals surface area contributed by atoms with Gasteiger partial charge in [-0.1, -0.05) is 19.8 Å². The van der Waals surface area contributed by atoms with Crippen LogP contribution < -0.4 is 0 Å². The average molecular weight is 188 g/mol. The Morgan fingerprint density at radius 3 is 2.10 bits per heavy atom. The summed E-state index contributed by atoms with van der Waals surface area (Å²) in [4.78, 5) is 0. The zero-order valence-corrected chi connectivity index (χ0v) is 7.45. The molecule has 0 bridgehead atoms. The van der Waals surface area contributed by atoms with Gasteiger partial charge in [-0.05, 0) is 6.42 Å². The van der Waals surface area contributed by atoms with Crippen LogP contribution >= 0.6 is 11.6 Å². The second kappa shape index (κ2) is 12.1. The Morgan fingerprint density at radius 2 is 2.00 bits per heavy atom. The summed E-state index contributed by atoms with van der Waals surface area (Å²) in [6.07, 6.45) is 3.73. The maximum Gasteiger partial charge on any atom is 0.0814 e. The second-order valence-electron chi connectivity index (χ2n) is 1.61. The molecular formula is C5H12ClO3S-. The molecule has 0 spiro atoms. The lowest BCUT2D eigenvalue weighted by atomic mass is 10.3. The lowest BCUT2D eigenvalue weighted by molar-refractivity contribution is 0.436. The number of rotatable bonds is 3. The lowest BCUT2D eigenvalue weighted by Gasteiger charge is -1.84. The number of unbranched alkanes of at least 4 members (excludes halogenated alkanes) is 2. The third kappa shape index (κ3) is 40.1. The molecule has 5 heteroatoms. The third-order valence-corrected chi connectivity index (χ3v) is 1.00. The van der Waals surface area contributed by atoms with Crippen LogP contribution in [0.5, 0.6) is 0 Å². The van der Waals surface area contributed by atoms with E-state index in [-0.39, 0.29) is 0 Å². The Morgan fingerprint density at radius 1 is 1.60 bits per heavy atom. The van der Waals surface area contributed by atoms with E-state index in [4.69, 9.17) is 24.9 Å². The second-order valence-corrected chi connectivity index (χ2v) is 2.43. The molecule has 0 amide bonds. The number of hydrogen-bond donors (Lipinski definition) is 1. The van der Waals surface area contributed by atoms with Gasteiger partial charge in [-0.25, -0.2) is 4.21 Å². The Kier molecular flexibility index (Phi) is 15.7. The minimum atomic E-state index is -2.86. The first kappa shape index (κ1) is 13.0. The van der Waals surface area contributed by atoms with Gasteiger partial charge in [0.15, 0.2) is 0 Å². The molecule has 0 saturated heterocycles. The quantitative estimate of drug-likeness (QED) is 0.416. The van der Waals surface area contributed by atoms with E-state index in [1.807, 2.05) is 0 Å². The van der Waals surface area contributed by atoms with Crippen LogP contribution in [0.25, 0.3) is 0 Å². The Bertz CT molecular complexity index is 71.3. The van der Waals surface area contributed by atoms with Gasteiger partial charge in [-0.15, -0.1) is 11.6 Å². The summed E-state index contributed by atoms with van der Waals surface area (Å²) >= 11 is 2.52. The fourth-order valence-electron chi connectivity index (χ4n) is 0.344. The van der Waals surface area contributed by atoms with Crippen molar-refractivity contribution in [2.24, 2.45) is 0 Å².